The SMILES string of the molecule is O=[N+]([O-])c1ccc(OC(F)F)c(/C=N\Nc2ccc([N+](=O)[O-])cc2[N+](=O)[O-])c1. The van der Waals surface area contributed by atoms with Gasteiger partial charge in [-0.1, -0.05) is 0 Å². The second-order valence-corrected chi connectivity index (χ2v) is 4.94. The van der Waals surface area contributed by atoms with Gasteiger partial charge in [-0.3, -0.25) is 35.8 Å². The fourth-order valence-electron chi connectivity index (χ4n) is 2.00. The molecule has 1 N–H and O–H groups in total. The van der Waals surface area contributed by atoms with Crippen LogP contribution in [0.5, 0.6) is 5.75 Å². The minimum atomic E-state index is -3.20. The van der Waals surface area contributed by atoms with Crippen LogP contribution in [0.25, 0.3) is 0 Å². The summed E-state index contributed by atoms with van der Waals surface area (Å²) in [5.74, 6) is -0.413. The molecule has 14 heteroatoms. The van der Waals surface area contributed by atoms with E-state index in [2.05, 4.69) is 15.3 Å². The van der Waals surface area contributed by atoms with Gasteiger partial charge in [-0.15, -0.1) is 0 Å². The number of alkyl halides is 2. The average Bonchev–Trinajstić information content (AvgIpc) is 2.62. The number of non-ortho nitro benzene ring substituents is 2. The molecule has 0 fully saturated rings. The van der Waals surface area contributed by atoms with Crippen molar-refractivity contribution in [1.29, 1.82) is 0 Å². The first-order chi connectivity index (χ1) is 13.2. The highest BCUT2D eigenvalue weighted by Gasteiger charge is 2.19. The van der Waals surface area contributed by atoms with E-state index in [1.165, 1.54) is 0 Å². The van der Waals surface area contributed by atoms with Crippen LogP contribution < -0.4 is 10.2 Å². The summed E-state index contributed by atoms with van der Waals surface area (Å²) in [6, 6.07) is 5.52. The van der Waals surface area contributed by atoms with Gasteiger partial charge in [0.05, 0.1) is 27.1 Å². The van der Waals surface area contributed by atoms with E-state index >= 15 is 0 Å². The lowest BCUT2D eigenvalue weighted by molar-refractivity contribution is -0.393. The molecule has 0 spiro atoms. The van der Waals surface area contributed by atoms with E-state index in [4.69, 9.17) is 0 Å². The van der Waals surface area contributed by atoms with E-state index in [0.717, 1.165) is 36.5 Å². The van der Waals surface area contributed by atoms with Gasteiger partial charge in [-0.25, -0.2) is 0 Å². The average molecular weight is 397 g/mol. The Labute approximate surface area is 153 Å². The maximum absolute atomic E-state index is 12.4. The Balaban J connectivity index is 2.33. The number of halogens is 2. The zero-order valence-corrected chi connectivity index (χ0v) is 13.5. The van der Waals surface area contributed by atoms with Crippen LogP contribution in [0.3, 0.4) is 0 Å². The summed E-state index contributed by atoms with van der Waals surface area (Å²) >= 11 is 0. The largest absolute Gasteiger partial charge is 0.434 e. The number of hydrogen-bond acceptors (Lipinski definition) is 9. The molecule has 0 bridgehead atoms. The van der Waals surface area contributed by atoms with Crippen LogP contribution in [-0.2, 0) is 0 Å². The van der Waals surface area contributed by atoms with Crippen LogP contribution in [0, 0.1) is 30.3 Å². The molecule has 2 rings (SSSR count). The third kappa shape index (κ3) is 4.90. The smallest absolute Gasteiger partial charge is 0.387 e. The van der Waals surface area contributed by atoms with Gasteiger partial charge >= 0.3 is 12.3 Å². The third-order valence-electron chi connectivity index (χ3n) is 3.20. The monoisotopic (exact) mass is 397 g/mol. The predicted molar refractivity (Wildman–Crippen MR) is 90.7 cm³/mol. The van der Waals surface area contributed by atoms with Gasteiger partial charge in [-0.2, -0.15) is 13.9 Å². The molecule has 0 saturated heterocycles. The summed E-state index contributed by atoms with van der Waals surface area (Å²) < 4.78 is 29.1. The van der Waals surface area contributed by atoms with E-state index in [1.54, 1.807) is 0 Å². The molecule has 2 aromatic rings. The quantitative estimate of drug-likeness (QED) is 0.402. The number of benzene rings is 2. The van der Waals surface area contributed by atoms with Crippen LogP contribution in [0.1, 0.15) is 5.56 Å². The maximum atomic E-state index is 12.4. The molecular formula is C14H9F2N5O7. The molecule has 2 aromatic carbocycles. The molecule has 0 heterocycles. The Morgan fingerprint density at radius 2 is 1.57 bits per heavy atom. The van der Waals surface area contributed by atoms with E-state index in [9.17, 15) is 39.1 Å². The van der Waals surface area contributed by atoms with Crippen molar-refractivity contribution in [1.82, 2.24) is 0 Å². The van der Waals surface area contributed by atoms with Crippen molar-refractivity contribution >= 4 is 29.0 Å². The summed E-state index contributed by atoms with van der Waals surface area (Å²) in [5, 5.41) is 36.2. The first kappa shape index (κ1) is 20.1. The zero-order valence-electron chi connectivity index (χ0n) is 13.5. The van der Waals surface area contributed by atoms with Crippen molar-refractivity contribution < 1.29 is 28.3 Å². The van der Waals surface area contributed by atoms with Gasteiger partial charge in [0.25, 0.3) is 11.4 Å². The molecule has 0 unspecified atom stereocenters. The van der Waals surface area contributed by atoms with Crippen LogP contribution in [-0.4, -0.2) is 27.6 Å². The summed E-state index contributed by atoms with van der Waals surface area (Å²) in [6.07, 6.45) is 0.871. The number of hydrazone groups is 1. The van der Waals surface area contributed by atoms with E-state index in [-0.39, 0.29) is 11.3 Å². The van der Waals surface area contributed by atoms with Crippen LogP contribution in [0.2, 0.25) is 0 Å². The zero-order chi connectivity index (χ0) is 20.8. The summed E-state index contributed by atoms with van der Waals surface area (Å²) in [6.45, 7) is -3.20. The fourth-order valence-corrected chi connectivity index (χ4v) is 2.00. The molecule has 0 aromatic heterocycles. The van der Waals surface area contributed by atoms with Crippen LogP contribution in [0.15, 0.2) is 41.5 Å². The van der Waals surface area contributed by atoms with Gasteiger partial charge in [-0.05, 0) is 12.1 Å². The molecule has 0 radical (unpaired) electrons. The summed E-state index contributed by atoms with van der Waals surface area (Å²) in [5.41, 5.74) is 0.195. The number of nitrogens with zero attached hydrogens (tertiary/aromatic N) is 4. The Hall–Kier alpha value is -4.23. The lowest BCUT2D eigenvalue weighted by atomic mass is 10.2. The van der Waals surface area contributed by atoms with E-state index in [1.807, 2.05) is 0 Å². The third-order valence-corrected chi connectivity index (χ3v) is 3.20. The van der Waals surface area contributed by atoms with Crippen molar-refractivity contribution in [2.24, 2.45) is 5.10 Å². The molecule has 0 aliphatic heterocycles. The summed E-state index contributed by atoms with van der Waals surface area (Å²) in [7, 11) is 0. The number of nitro groups is 3. The second kappa shape index (κ2) is 8.43. The minimum Gasteiger partial charge on any atom is -0.434 e. The highest BCUT2D eigenvalue weighted by Crippen LogP contribution is 2.29. The van der Waals surface area contributed by atoms with Gasteiger partial charge < -0.3 is 4.74 Å². The van der Waals surface area contributed by atoms with Crippen molar-refractivity contribution in [3.05, 3.63) is 72.3 Å². The predicted octanol–water partition coefficient (Wildman–Crippen LogP) is 3.46. The Morgan fingerprint density at radius 3 is 2.14 bits per heavy atom. The topological polar surface area (TPSA) is 163 Å². The van der Waals surface area contributed by atoms with Crippen molar-refractivity contribution in [2.45, 2.75) is 6.61 Å². The number of hydrogen-bond donors (Lipinski definition) is 1. The maximum Gasteiger partial charge on any atom is 0.387 e. The number of nitrogens with one attached hydrogen (secondary N) is 1. The molecule has 146 valence electrons. The Morgan fingerprint density at radius 1 is 0.964 bits per heavy atom. The van der Waals surface area contributed by atoms with Crippen molar-refractivity contribution in [3.63, 3.8) is 0 Å². The number of anilines is 1. The standard InChI is InChI=1S/C14H9F2N5O7/c15-14(16)28-13-4-2-9(19(22)23)5-8(13)7-17-18-11-3-1-10(20(24)25)6-12(11)21(26)27/h1-7,14,18H/b17-7-. The van der Waals surface area contributed by atoms with Crippen molar-refractivity contribution in [3.8, 4) is 5.75 Å². The molecule has 0 amide bonds. The molecule has 0 aliphatic carbocycles. The van der Waals surface area contributed by atoms with Gasteiger partial charge in [0.2, 0.25) is 0 Å². The van der Waals surface area contributed by atoms with Gasteiger partial charge in [0, 0.05) is 23.8 Å². The van der Waals surface area contributed by atoms with Crippen molar-refractivity contribution in [2.75, 3.05) is 5.43 Å². The van der Waals surface area contributed by atoms with Crippen LogP contribution >= 0.6 is 0 Å². The molecule has 0 atom stereocenters. The lowest BCUT2D eigenvalue weighted by Crippen LogP contribution is -2.05. The molecule has 28 heavy (non-hydrogen) atoms. The number of ether oxygens (including phenoxy) is 1. The molecule has 0 aliphatic rings. The molecule has 12 nitrogen and oxygen atoms in total. The second-order valence-electron chi connectivity index (χ2n) is 4.94. The van der Waals surface area contributed by atoms with Crippen LogP contribution in [0.4, 0.5) is 31.5 Å². The van der Waals surface area contributed by atoms with Gasteiger partial charge in [0.1, 0.15) is 11.4 Å². The molecule has 0 saturated carbocycles. The summed E-state index contributed by atoms with van der Waals surface area (Å²) in [4.78, 5) is 30.1. The van der Waals surface area contributed by atoms with E-state index in [0.29, 0.717) is 6.07 Å². The Bertz CT molecular complexity index is 967. The highest BCUT2D eigenvalue weighted by atomic mass is 19.3. The van der Waals surface area contributed by atoms with Gasteiger partial charge in [0.15, 0.2) is 0 Å². The molecular weight excluding hydrogens is 388 g/mol. The Kier molecular flexibility index (Phi) is 6.05. The number of nitro benzene ring substituents is 3. The number of rotatable bonds is 8. The lowest BCUT2D eigenvalue weighted by Gasteiger charge is -2.07. The minimum absolute atomic E-state index is 0.202. The first-order valence-corrected chi connectivity index (χ1v) is 7.14. The fraction of sp³-hybridized carbons (Fsp3) is 0.0714. The van der Waals surface area contributed by atoms with E-state index < -0.39 is 44.2 Å². The first-order valence-electron chi connectivity index (χ1n) is 7.14. The highest BCUT2D eigenvalue weighted by molar-refractivity contribution is 5.85. The normalized spacial score (nSPS) is 10.8.